The van der Waals surface area contributed by atoms with Gasteiger partial charge in [0.2, 0.25) is 0 Å². The van der Waals surface area contributed by atoms with Crippen molar-refractivity contribution in [2.24, 2.45) is 0 Å². The van der Waals surface area contributed by atoms with E-state index in [9.17, 15) is 9.59 Å². The van der Waals surface area contributed by atoms with Crippen LogP contribution in [0, 0.1) is 0 Å². The summed E-state index contributed by atoms with van der Waals surface area (Å²) in [6.07, 6.45) is 5.39. The molecule has 0 amide bonds. The molecule has 33 heavy (non-hydrogen) atoms. The Morgan fingerprint density at radius 1 is 1.09 bits per heavy atom. The molecular formula is C25H17N3O3S2. The molecule has 6 rings (SSSR count). The fraction of sp³-hybridized carbons (Fsp3) is 0.120. The van der Waals surface area contributed by atoms with Gasteiger partial charge in [-0.3, -0.25) is 9.20 Å². The molecular weight excluding hydrogens is 454 g/mol. The molecule has 0 fully saturated rings. The molecule has 0 atom stereocenters. The minimum absolute atomic E-state index is 0.0637. The fourth-order valence-corrected chi connectivity index (χ4v) is 5.65. The van der Waals surface area contributed by atoms with E-state index in [-0.39, 0.29) is 12.2 Å². The van der Waals surface area contributed by atoms with Crippen LogP contribution in [0.25, 0.3) is 27.5 Å². The Bertz CT molecular complexity index is 1610. The number of rotatable bonds is 4. The number of hydrogen-bond donors (Lipinski definition) is 0. The lowest BCUT2D eigenvalue weighted by molar-refractivity contribution is 0.0469. The van der Waals surface area contributed by atoms with Crippen molar-refractivity contribution in [2.45, 2.75) is 19.4 Å². The summed E-state index contributed by atoms with van der Waals surface area (Å²) in [6.45, 7) is -0.0637. The van der Waals surface area contributed by atoms with Gasteiger partial charge in [-0.2, -0.15) is 0 Å². The molecule has 4 heterocycles. The summed E-state index contributed by atoms with van der Waals surface area (Å²) >= 11 is 3.04. The van der Waals surface area contributed by atoms with Crippen molar-refractivity contribution in [3.8, 4) is 0 Å². The van der Waals surface area contributed by atoms with Gasteiger partial charge in [0.1, 0.15) is 6.61 Å². The maximum Gasteiger partial charge on any atom is 0.339 e. The van der Waals surface area contributed by atoms with Crippen LogP contribution >= 0.6 is 22.7 Å². The molecule has 0 spiro atoms. The highest BCUT2D eigenvalue weighted by molar-refractivity contribution is 7.15. The van der Waals surface area contributed by atoms with Gasteiger partial charge >= 0.3 is 5.97 Å². The molecule has 0 saturated carbocycles. The van der Waals surface area contributed by atoms with E-state index in [0.29, 0.717) is 16.2 Å². The first-order chi connectivity index (χ1) is 16.2. The van der Waals surface area contributed by atoms with E-state index in [1.165, 1.54) is 26.7 Å². The first-order valence-electron chi connectivity index (χ1n) is 10.5. The van der Waals surface area contributed by atoms with E-state index in [4.69, 9.17) is 9.72 Å². The van der Waals surface area contributed by atoms with Gasteiger partial charge in [-0.15, -0.1) is 22.7 Å². The van der Waals surface area contributed by atoms with Gasteiger partial charge in [0.15, 0.2) is 4.96 Å². The number of esters is 1. The molecule has 0 bridgehead atoms. The van der Waals surface area contributed by atoms with Gasteiger partial charge in [0, 0.05) is 27.9 Å². The van der Waals surface area contributed by atoms with Crippen LogP contribution in [-0.2, 0) is 17.8 Å². The Morgan fingerprint density at radius 2 is 2.00 bits per heavy atom. The highest BCUT2D eigenvalue weighted by Crippen LogP contribution is 2.38. The zero-order valence-electron chi connectivity index (χ0n) is 17.4. The van der Waals surface area contributed by atoms with E-state index in [0.717, 1.165) is 40.6 Å². The third kappa shape index (κ3) is 3.57. The number of ether oxygens (including phenoxy) is 1. The molecule has 0 aliphatic heterocycles. The van der Waals surface area contributed by atoms with E-state index in [2.05, 4.69) is 17.1 Å². The van der Waals surface area contributed by atoms with Crippen molar-refractivity contribution >= 4 is 56.2 Å². The minimum Gasteiger partial charge on any atom is -0.456 e. The number of nitrogens with zero attached hydrogens (tertiary/aromatic N) is 3. The number of aromatic nitrogens is 3. The van der Waals surface area contributed by atoms with Crippen molar-refractivity contribution in [2.75, 3.05) is 0 Å². The number of benzene rings is 1. The summed E-state index contributed by atoms with van der Waals surface area (Å²) in [4.78, 5) is 36.7. The van der Waals surface area contributed by atoms with Crippen LogP contribution in [0.2, 0.25) is 0 Å². The average molecular weight is 472 g/mol. The second-order valence-electron chi connectivity index (χ2n) is 7.73. The number of para-hydroxylation sites is 1. The van der Waals surface area contributed by atoms with Crippen LogP contribution in [0.4, 0.5) is 0 Å². The number of thiazole rings is 1. The second-order valence-corrected chi connectivity index (χ2v) is 9.59. The summed E-state index contributed by atoms with van der Waals surface area (Å²) in [5.74, 6) is -0.421. The molecule has 5 aromatic rings. The zero-order chi connectivity index (χ0) is 22.4. The average Bonchev–Trinajstić information content (AvgIpc) is 3.58. The van der Waals surface area contributed by atoms with Crippen LogP contribution in [-0.4, -0.2) is 20.3 Å². The van der Waals surface area contributed by atoms with Gasteiger partial charge in [-0.25, -0.2) is 14.8 Å². The van der Waals surface area contributed by atoms with Crippen molar-refractivity contribution in [1.82, 2.24) is 14.4 Å². The SMILES string of the molecule is O=C(OCc1cc(=O)n2ccsc2n1)c1c2c(nc3ccccc13)C(=Cc1cccs1)CC2. The smallest absolute Gasteiger partial charge is 0.339 e. The first-order valence-corrected chi connectivity index (χ1v) is 12.2. The van der Waals surface area contributed by atoms with Gasteiger partial charge in [0.05, 0.1) is 22.5 Å². The molecule has 0 N–H and O–H groups in total. The second kappa shape index (κ2) is 8.06. The molecule has 1 aromatic carbocycles. The monoisotopic (exact) mass is 471 g/mol. The molecule has 162 valence electrons. The number of allylic oxidation sites excluding steroid dienone is 1. The van der Waals surface area contributed by atoms with Gasteiger partial charge in [-0.1, -0.05) is 24.3 Å². The molecule has 8 heteroatoms. The predicted octanol–water partition coefficient (Wildman–Crippen LogP) is 5.21. The Labute approximate surface area is 196 Å². The Kier molecular flexibility index (Phi) is 4.89. The Morgan fingerprint density at radius 3 is 2.88 bits per heavy atom. The van der Waals surface area contributed by atoms with E-state index < -0.39 is 5.97 Å². The Hall–Kier alpha value is -3.62. The predicted molar refractivity (Wildman–Crippen MR) is 131 cm³/mol. The lowest BCUT2D eigenvalue weighted by Crippen LogP contribution is -2.15. The van der Waals surface area contributed by atoms with Crippen LogP contribution in [0.15, 0.2) is 64.2 Å². The van der Waals surface area contributed by atoms with Crippen molar-refractivity contribution in [3.63, 3.8) is 0 Å². The largest absolute Gasteiger partial charge is 0.456 e. The Balaban J connectivity index is 1.38. The van der Waals surface area contributed by atoms with Gasteiger partial charge < -0.3 is 4.74 Å². The summed E-state index contributed by atoms with van der Waals surface area (Å²) in [7, 11) is 0. The quantitative estimate of drug-likeness (QED) is 0.337. The fourth-order valence-electron chi connectivity index (χ4n) is 4.23. The molecule has 4 aromatic heterocycles. The molecule has 0 unspecified atom stereocenters. The van der Waals surface area contributed by atoms with Crippen molar-refractivity contribution in [3.05, 3.63) is 97.2 Å². The number of carbonyl (C=O) groups excluding carboxylic acids is 1. The number of pyridine rings is 1. The zero-order valence-corrected chi connectivity index (χ0v) is 19.0. The minimum atomic E-state index is -0.421. The van der Waals surface area contributed by atoms with E-state index in [1.807, 2.05) is 35.7 Å². The van der Waals surface area contributed by atoms with Crippen LogP contribution in [0.3, 0.4) is 0 Å². The highest BCUT2D eigenvalue weighted by atomic mass is 32.1. The summed E-state index contributed by atoms with van der Waals surface area (Å²) in [5.41, 5.74) is 4.48. The topological polar surface area (TPSA) is 73.6 Å². The standard InChI is InChI=1S/C25H17N3O3S2/c29-21-13-16(26-25-28(21)9-11-33-25)14-31-24(30)22-18-5-1-2-6-20(18)27-23-15(7-8-19(22)23)12-17-4-3-10-32-17/h1-6,9-13H,7-8,14H2. The first kappa shape index (κ1) is 20.0. The maximum atomic E-state index is 13.3. The lowest BCUT2D eigenvalue weighted by Gasteiger charge is -2.12. The van der Waals surface area contributed by atoms with E-state index in [1.54, 1.807) is 22.9 Å². The molecule has 6 nitrogen and oxygen atoms in total. The number of hydrogen-bond acceptors (Lipinski definition) is 7. The van der Waals surface area contributed by atoms with Crippen LogP contribution in [0.1, 0.15) is 38.6 Å². The number of fused-ring (bicyclic) bond motifs is 3. The molecule has 1 aliphatic carbocycles. The summed E-state index contributed by atoms with van der Waals surface area (Å²) < 4.78 is 7.15. The number of thiophene rings is 1. The third-order valence-corrected chi connectivity index (χ3v) is 7.29. The summed E-state index contributed by atoms with van der Waals surface area (Å²) in [5, 5.41) is 4.62. The summed E-state index contributed by atoms with van der Waals surface area (Å²) in [6, 6.07) is 13.1. The normalized spacial score (nSPS) is 14.2. The van der Waals surface area contributed by atoms with Gasteiger partial charge in [0.25, 0.3) is 5.56 Å². The number of carbonyl (C=O) groups is 1. The van der Waals surface area contributed by atoms with E-state index >= 15 is 0 Å². The highest BCUT2D eigenvalue weighted by Gasteiger charge is 2.27. The lowest BCUT2D eigenvalue weighted by atomic mass is 10.0. The van der Waals surface area contributed by atoms with Crippen molar-refractivity contribution in [1.29, 1.82) is 0 Å². The van der Waals surface area contributed by atoms with Crippen molar-refractivity contribution < 1.29 is 9.53 Å². The molecule has 0 radical (unpaired) electrons. The van der Waals surface area contributed by atoms with Crippen LogP contribution in [0.5, 0.6) is 0 Å². The van der Waals surface area contributed by atoms with Gasteiger partial charge in [-0.05, 0) is 47.6 Å². The maximum absolute atomic E-state index is 13.3. The third-order valence-electron chi connectivity index (χ3n) is 5.71. The van der Waals surface area contributed by atoms with Crippen LogP contribution < -0.4 is 5.56 Å². The molecule has 1 aliphatic rings. The molecule has 0 saturated heterocycles.